The highest BCUT2D eigenvalue weighted by Crippen LogP contribution is 2.18. The number of rotatable bonds is 10. The summed E-state index contributed by atoms with van der Waals surface area (Å²) in [6, 6.07) is 21.7. The molecule has 2 heteroatoms. The SMILES string of the molecule is CCCC(/C=C/CCO)N(Cc1ccccc1)Cc1ccccc1. The van der Waals surface area contributed by atoms with Gasteiger partial charge in [-0.15, -0.1) is 0 Å². The fourth-order valence-corrected chi connectivity index (χ4v) is 2.95. The van der Waals surface area contributed by atoms with E-state index in [1.807, 2.05) is 0 Å². The number of nitrogens with zero attached hydrogens (tertiary/aromatic N) is 1. The summed E-state index contributed by atoms with van der Waals surface area (Å²) in [4.78, 5) is 2.53. The Labute approximate surface area is 146 Å². The summed E-state index contributed by atoms with van der Waals surface area (Å²) in [7, 11) is 0. The molecule has 0 spiro atoms. The van der Waals surface area contributed by atoms with E-state index in [1.54, 1.807) is 0 Å². The van der Waals surface area contributed by atoms with Crippen LogP contribution in [0.25, 0.3) is 0 Å². The first-order valence-electron chi connectivity index (χ1n) is 8.93. The summed E-state index contributed by atoms with van der Waals surface area (Å²) in [6.45, 7) is 4.32. The number of aliphatic hydroxyl groups is 1. The van der Waals surface area contributed by atoms with Crippen molar-refractivity contribution in [2.24, 2.45) is 0 Å². The molecule has 2 rings (SSSR count). The third-order valence-electron chi connectivity index (χ3n) is 4.16. The van der Waals surface area contributed by atoms with E-state index in [0.29, 0.717) is 6.04 Å². The molecule has 0 aliphatic rings. The van der Waals surface area contributed by atoms with Crippen molar-refractivity contribution in [3.05, 3.63) is 83.9 Å². The van der Waals surface area contributed by atoms with Crippen LogP contribution in [-0.2, 0) is 13.1 Å². The third-order valence-corrected chi connectivity index (χ3v) is 4.16. The molecule has 0 fully saturated rings. The van der Waals surface area contributed by atoms with Gasteiger partial charge in [0, 0.05) is 25.7 Å². The second kappa shape index (κ2) is 10.8. The standard InChI is InChI=1S/C22H29NO/c1-2-11-22(16-9-10-17-24)23(18-20-12-5-3-6-13-20)19-21-14-7-4-8-15-21/h3-9,12-16,22,24H,2,10-11,17-19H2,1H3/b16-9+. The van der Waals surface area contributed by atoms with Crippen LogP contribution in [0.15, 0.2) is 72.8 Å². The van der Waals surface area contributed by atoms with Gasteiger partial charge in [0.2, 0.25) is 0 Å². The molecule has 2 aromatic rings. The lowest BCUT2D eigenvalue weighted by Crippen LogP contribution is -2.33. The van der Waals surface area contributed by atoms with Crippen LogP contribution in [0.2, 0.25) is 0 Å². The zero-order chi connectivity index (χ0) is 17.0. The second-order valence-electron chi connectivity index (χ2n) is 6.17. The second-order valence-corrected chi connectivity index (χ2v) is 6.17. The highest BCUT2D eigenvalue weighted by Gasteiger charge is 2.16. The number of hydrogen-bond acceptors (Lipinski definition) is 2. The Morgan fingerprint density at radius 1 is 0.917 bits per heavy atom. The van der Waals surface area contributed by atoms with E-state index in [-0.39, 0.29) is 6.61 Å². The molecule has 2 aromatic carbocycles. The number of aliphatic hydroxyl groups excluding tert-OH is 1. The van der Waals surface area contributed by atoms with Gasteiger partial charge in [0.1, 0.15) is 0 Å². The van der Waals surface area contributed by atoms with E-state index in [1.165, 1.54) is 11.1 Å². The summed E-state index contributed by atoms with van der Waals surface area (Å²) >= 11 is 0. The van der Waals surface area contributed by atoms with Gasteiger partial charge in [0.15, 0.2) is 0 Å². The normalized spacial score (nSPS) is 12.8. The molecular weight excluding hydrogens is 294 g/mol. The van der Waals surface area contributed by atoms with Gasteiger partial charge in [-0.2, -0.15) is 0 Å². The van der Waals surface area contributed by atoms with Gasteiger partial charge >= 0.3 is 0 Å². The molecule has 0 aromatic heterocycles. The minimum Gasteiger partial charge on any atom is -0.396 e. The van der Waals surface area contributed by atoms with E-state index in [2.05, 4.69) is 84.6 Å². The van der Waals surface area contributed by atoms with Crippen LogP contribution in [0.1, 0.15) is 37.3 Å². The largest absolute Gasteiger partial charge is 0.396 e. The zero-order valence-corrected chi connectivity index (χ0v) is 14.6. The molecule has 0 amide bonds. The Hall–Kier alpha value is -1.90. The fraction of sp³-hybridized carbons (Fsp3) is 0.364. The summed E-state index contributed by atoms with van der Waals surface area (Å²) in [5.41, 5.74) is 2.68. The van der Waals surface area contributed by atoms with Gasteiger partial charge in [-0.05, 0) is 24.0 Å². The smallest absolute Gasteiger partial charge is 0.0465 e. The Kier molecular flexibility index (Phi) is 8.29. The van der Waals surface area contributed by atoms with E-state index in [4.69, 9.17) is 5.11 Å². The van der Waals surface area contributed by atoms with E-state index >= 15 is 0 Å². The molecule has 1 unspecified atom stereocenters. The lowest BCUT2D eigenvalue weighted by molar-refractivity contribution is 0.200. The van der Waals surface area contributed by atoms with Crippen molar-refractivity contribution in [3.8, 4) is 0 Å². The lowest BCUT2D eigenvalue weighted by atomic mass is 10.1. The van der Waals surface area contributed by atoms with Crippen molar-refractivity contribution in [1.82, 2.24) is 4.90 Å². The summed E-state index contributed by atoms with van der Waals surface area (Å²) in [5.74, 6) is 0. The van der Waals surface area contributed by atoms with Crippen molar-refractivity contribution in [1.29, 1.82) is 0 Å². The Morgan fingerprint density at radius 3 is 1.92 bits per heavy atom. The quantitative estimate of drug-likeness (QED) is 0.635. The van der Waals surface area contributed by atoms with Gasteiger partial charge in [-0.25, -0.2) is 0 Å². The molecule has 0 saturated heterocycles. The first kappa shape index (κ1) is 18.4. The van der Waals surface area contributed by atoms with Crippen LogP contribution in [0.3, 0.4) is 0 Å². The minimum atomic E-state index is 0.215. The van der Waals surface area contributed by atoms with Crippen molar-refractivity contribution < 1.29 is 5.11 Å². The van der Waals surface area contributed by atoms with Crippen molar-refractivity contribution in [3.63, 3.8) is 0 Å². The van der Waals surface area contributed by atoms with Crippen molar-refractivity contribution in [2.45, 2.75) is 45.3 Å². The first-order chi connectivity index (χ1) is 11.8. The predicted molar refractivity (Wildman–Crippen MR) is 102 cm³/mol. The van der Waals surface area contributed by atoms with Crippen LogP contribution < -0.4 is 0 Å². The molecule has 0 aliphatic heterocycles. The first-order valence-corrected chi connectivity index (χ1v) is 8.93. The molecule has 24 heavy (non-hydrogen) atoms. The van der Waals surface area contributed by atoms with Gasteiger partial charge in [-0.1, -0.05) is 86.2 Å². The van der Waals surface area contributed by atoms with Crippen LogP contribution in [0, 0.1) is 0 Å². The van der Waals surface area contributed by atoms with E-state index < -0.39 is 0 Å². The number of hydrogen-bond donors (Lipinski definition) is 1. The zero-order valence-electron chi connectivity index (χ0n) is 14.6. The Balaban J connectivity index is 2.18. The maximum absolute atomic E-state index is 9.05. The van der Waals surface area contributed by atoms with Crippen molar-refractivity contribution >= 4 is 0 Å². The number of benzene rings is 2. The summed E-state index contributed by atoms with van der Waals surface area (Å²) in [6.07, 6.45) is 7.38. The van der Waals surface area contributed by atoms with E-state index in [9.17, 15) is 0 Å². The molecule has 0 radical (unpaired) electrons. The third kappa shape index (κ3) is 6.31. The van der Waals surface area contributed by atoms with Gasteiger partial charge in [0.25, 0.3) is 0 Å². The summed E-state index contributed by atoms with van der Waals surface area (Å²) < 4.78 is 0. The summed E-state index contributed by atoms with van der Waals surface area (Å²) in [5, 5.41) is 9.05. The van der Waals surface area contributed by atoms with Crippen LogP contribution in [0.5, 0.6) is 0 Å². The maximum Gasteiger partial charge on any atom is 0.0465 e. The molecule has 1 atom stereocenters. The fourth-order valence-electron chi connectivity index (χ4n) is 2.95. The molecular formula is C22H29NO. The molecule has 0 heterocycles. The monoisotopic (exact) mass is 323 g/mol. The Morgan fingerprint density at radius 2 is 1.46 bits per heavy atom. The average molecular weight is 323 g/mol. The lowest BCUT2D eigenvalue weighted by Gasteiger charge is -2.30. The van der Waals surface area contributed by atoms with Gasteiger partial charge in [-0.3, -0.25) is 4.90 Å². The van der Waals surface area contributed by atoms with Crippen LogP contribution in [-0.4, -0.2) is 22.7 Å². The molecule has 128 valence electrons. The van der Waals surface area contributed by atoms with Crippen molar-refractivity contribution in [2.75, 3.05) is 6.61 Å². The maximum atomic E-state index is 9.05. The van der Waals surface area contributed by atoms with Crippen LogP contribution in [0.4, 0.5) is 0 Å². The molecule has 0 aliphatic carbocycles. The molecule has 2 nitrogen and oxygen atoms in total. The highest BCUT2D eigenvalue weighted by molar-refractivity contribution is 5.18. The van der Waals surface area contributed by atoms with Gasteiger partial charge < -0.3 is 5.11 Å². The Bertz CT molecular complexity index is 538. The molecule has 0 bridgehead atoms. The van der Waals surface area contributed by atoms with E-state index in [0.717, 1.165) is 32.4 Å². The van der Waals surface area contributed by atoms with Crippen LogP contribution >= 0.6 is 0 Å². The highest BCUT2D eigenvalue weighted by atomic mass is 16.2. The topological polar surface area (TPSA) is 23.5 Å². The molecule has 0 saturated carbocycles. The average Bonchev–Trinajstić information content (AvgIpc) is 2.62. The van der Waals surface area contributed by atoms with Gasteiger partial charge in [0.05, 0.1) is 0 Å². The molecule has 1 N–H and O–H groups in total. The minimum absolute atomic E-state index is 0.215. The predicted octanol–water partition coefficient (Wildman–Crippen LogP) is 4.80.